The molecule has 2 rings (SSSR count). The summed E-state index contributed by atoms with van der Waals surface area (Å²) in [4.78, 5) is 0. The van der Waals surface area contributed by atoms with Crippen LogP contribution in [0.15, 0.2) is 30.7 Å². The zero-order valence-electron chi connectivity index (χ0n) is 11.9. The molecule has 0 spiro atoms. The van der Waals surface area contributed by atoms with E-state index in [1.54, 1.807) is 4.57 Å². The minimum Gasteiger partial charge on any atom is -0.379 e. The maximum Gasteiger partial charge on any atom is 0.418 e. The molecular weight excluding hydrogens is 283 g/mol. The first-order valence-corrected chi connectivity index (χ1v) is 6.75. The number of nitrogens with zero attached hydrogens (tertiary/aromatic N) is 3. The van der Waals surface area contributed by atoms with E-state index in [1.807, 2.05) is 23.9 Å². The predicted octanol–water partition coefficient (Wildman–Crippen LogP) is 3.30. The second kappa shape index (κ2) is 5.93. The highest BCUT2D eigenvalue weighted by molar-refractivity contribution is 5.16. The first-order chi connectivity index (χ1) is 9.81. The van der Waals surface area contributed by atoms with Crippen molar-refractivity contribution in [2.45, 2.75) is 45.1 Å². The smallest absolute Gasteiger partial charge is 0.379 e. The normalized spacial score (nSPS) is 15.1. The van der Waals surface area contributed by atoms with E-state index in [4.69, 9.17) is 0 Å². The van der Waals surface area contributed by atoms with Gasteiger partial charge < -0.3 is 9.67 Å². The fourth-order valence-electron chi connectivity index (χ4n) is 1.99. The highest BCUT2D eigenvalue weighted by atomic mass is 19.4. The molecule has 21 heavy (non-hydrogen) atoms. The zero-order valence-corrected chi connectivity index (χ0v) is 11.9. The lowest BCUT2D eigenvalue weighted by molar-refractivity contribution is -0.206. The maximum absolute atomic E-state index is 12.4. The summed E-state index contributed by atoms with van der Waals surface area (Å²) in [6.07, 6.45) is -1.49. The second-order valence-electron chi connectivity index (χ2n) is 5.11. The number of rotatable bonds is 5. The van der Waals surface area contributed by atoms with Crippen LogP contribution >= 0.6 is 0 Å². The third kappa shape index (κ3) is 3.66. The molecule has 2 atom stereocenters. The average molecular weight is 301 g/mol. The molecule has 0 aliphatic carbocycles. The molecule has 2 unspecified atom stereocenters. The molecule has 1 N–H and O–H groups in total. The lowest BCUT2D eigenvalue weighted by atomic mass is 10.2. The van der Waals surface area contributed by atoms with Crippen molar-refractivity contribution in [2.75, 3.05) is 0 Å². The number of aliphatic hydroxyl groups excluding tert-OH is 1. The number of alkyl halides is 3. The molecule has 0 amide bonds. The van der Waals surface area contributed by atoms with Crippen LogP contribution < -0.4 is 0 Å². The van der Waals surface area contributed by atoms with Crippen LogP contribution in [0.3, 0.4) is 0 Å². The Morgan fingerprint density at radius 1 is 1.29 bits per heavy atom. The van der Waals surface area contributed by atoms with Gasteiger partial charge in [-0.15, -0.1) is 0 Å². The topological polar surface area (TPSA) is 43.0 Å². The maximum atomic E-state index is 12.4. The van der Waals surface area contributed by atoms with Gasteiger partial charge in [-0.1, -0.05) is 6.92 Å². The first kappa shape index (κ1) is 15.6. The average Bonchev–Trinajstić information content (AvgIpc) is 3.06. The van der Waals surface area contributed by atoms with Crippen LogP contribution in [0.25, 0.3) is 0 Å². The van der Waals surface area contributed by atoms with Gasteiger partial charge in [-0.2, -0.15) is 18.3 Å². The number of aliphatic hydroxyl groups is 1. The lowest BCUT2D eigenvalue weighted by Gasteiger charge is -2.12. The van der Waals surface area contributed by atoms with Crippen molar-refractivity contribution >= 4 is 0 Å². The van der Waals surface area contributed by atoms with Crippen molar-refractivity contribution < 1.29 is 18.3 Å². The third-order valence-corrected chi connectivity index (χ3v) is 3.45. The summed E-state index contributed by atoms with van der Waals surface area (Å²) in [5, 5.41) is 13.6. The lowest BCUT2D eigenvalue weighted by Crippen LogP contribution is -2.19. The van der Waals surface area contributed by atoms with Gasteiger partial charge in [0.15, 0.2) is 6.10 Å². The van der Waals surface area contributed by atoms with Crippen molar-refractivity contribution in [3.8, 4) is 0 Å². The third-order valence-electron chi connectivity index (χ3n) is 3.45. The Morgan fingerprint density at radius 3 is 2.62 bits per heavy atom. The molecule has 0 aliphatic heterocycles. The molecule has 0 saturated carbocycles. The molecule has 0 aromatic carbocycles. The van der Waals surface area contributed by atoms with Crippen LogP contribution in [-0.2, 0) is 6.54 Å². The summed E-state index contributed by atoms with van der Waals surface area (Å²) in [6, 6.07) is 3.39. The molecule has 0 aliphatic rings. The monoisotopic (exact) mass is 301 g/mol. The van der Waals surface area contributed by atoms with Gasteiger partial charge in [0.05, 0.1) is 12.2 Å². The number of hydrogen-bond donors (Lipinski definition) is 1. The van der Waals surface area contributed by atoms with Crippen molar-refractivity contribution in [1.82, 2.24) is 14.3 Å². The van der Waals surface area contributed by atoms with Gasteiger partial charge in [-0.05, 0) is 25.5 Å². The highest BCUT2D eigenvalue weighted by Gasteiger charge is 2.39. The van der Waals surface area contributed by atoms with Crippen LogP contribution in [0.1, 0.15) is 43.7 Å². The summed E-state index contributed by atoms with van der Waals surface area (Å²) in [5.41, 5.74) is 0.600. The molecule has 0 saturated heterocycles. The van der Waals surface area contributed by atoms with Crippen LogP contribution in [0.2, 0.25) is 0 Å². The number of hydrogen-bond acceptors (Lipinski definition) is 2. The van der Waals surface area contributed by atoms with Crippen LogP contribution in [0, 0.1) is 0 Å². The van der Waals surface area contributed by atoms with E-state index in [2.05, 4.69) is 12.0 Å². The first-order valence-electron chi connectivity index (χ1n) is 6.75. The number of halogens is 3. The van der Waals surface area contributed by atoms with Crippen molar-refractivity contribution in [3.05, 3.63) is 42.0 Å². The van der Waals surface area contributed by atoms with Crippen LogP contribution in [-0.4, -0.2) is 25.6 Å². The molecule has 7 heteroatoms. The van der Waals surface area contributed by atoms with E-state index in [0.717, 1.165) is 12.1 Å². The second-order valence-corrected chi connectivity index (χ2v) is 5.11. The summed E-state index contributed by atoms with van der Waals surface area (Å²) in [7, 11) is 0. The Balaban J connectivity index is 2.07. The van der Waals surface area contributed by atoms with Gasteiger partial charge in [0.1, 0.15) is 0 Å². The molecule has 116 valence electrons. The van der Waals surface area contributed by atoms with E-state index in [-0.39, 0.29) is 11.6 Å². The predicted molar refractivity (Wildman–Crippen MR) is 71.8 cm³/mol. The molecule has 0 radical (unpaired) electrons. The Labute approximate surface area is 120 Å². The highest BCUT2D eigenvalue weighted by Crippen LogP contribution is 2.32. The Kier molecular flexibility index (Phi) is 4.41. The van der Waals surface area contributed by atoms with Gasteiger partial charge in [-0.25, -0.2) is 0 Å². The fourth-order valence-corrected chi connectivity index (χ4v) is 1.99. The fraction of sp³-hybridized carbons (Fsp3) is 0.500. The molecular formula is C14H18F3N3O. The molecule has 4 nitrogen and oxygen atoms in total. The minimum atomic E-state index is -4.65. The molecule has 2 heterocycles. The standard InChI is InChI=1S/C14H18F3N3O/c1-3-10(2)20-7-5-12(18-20)9-19-6-4-11(8-19)13(21)14(15,16)17/h4-8,10,13,21H,3,9H2,1-2H3. The summed E-state index contributed by atoms with van der Waals surface area (Å²) < 4.78 is 40.7. The Morgan fingerprint density at radius 2 is 2.00 bits per heavy atom. The van der Waals surface area contributed by atoms with E-state index in [9.17, 15) is 18.3 Å². The quantitative estimate of drug-likeness (QED) is 0.921. The SMILES string of the molecule is CCC(C)n1ccc(Cn2ccc(C(O)C(F)(F)F)c2)n1. The van der Waals surface area contributed by atoms with Crippen molar-refractivity contribution in [3.63, 3.8) is 0 Å². The summed E-state index contributed by atoms with van der Waals surface area (Å²) in [5.74, 6) is 0. The van der Waals surface area contributed by atoms with Gasteiger partial charge in [0.25, 0.3) is 0 Å². The van der Waals surface area contributed by atoms with E-state index < -0.39 is 12.3 Å². The van der Waals surface area contributed by atoms with Crippen LogP contribution in [0.4, 0.5) is 13.2 Å². The molecule has 2 aromatic rings. The van der Waals surface area contributed by atoms with Crippen molar-refractivity contribution in [2.24, 2.45) is 0 Å². The van der Waals surface area contributed by atoms with Crippen LogP contribution in [0.5, 0.6) is 0 Å². The minimum absolute atomic E-state index is 0.163. The van der Waals surface area contributed by atoms with Gasteiger partial charge in [-0.3, -0.25) is 4.68 Å². The van der Waals surface area contributed by atoms with E-state index in [1.165, 1.54) is 18.5 Å². The number of aromatic nitrogens is 3. The Hall–Kier alpha value is -1.76. The summed E-state index contributed by atoms with van der Waals surface area (Å²) in [6.45, 7) is 4.47. The molecule has 2 aromatic heterocycles. The van der Waals surface area contributed by atoms with E-state index in [0.29, 0.717) is 6.54 Å². The van der Waals surface area contributed by atoms with Gasteiger partial charge in [0, 0.05) is 30.2 Å². The van der Waals surface area contributed by atoms with Gasteiger partial charge >= 0.3 is 6.18 Å². The Bertz CT molecular complexity index is 588. The molecule has 0 bridgehead atoms. The summed E-state index contributed by atoms with van der Waals surface area (Å²) >= 11 is 0. The zero-order chi connectivity index (χ0) is 15.6. The largest absolute Gasteiger partial charge is 0.418 e. The van der Waals surface area contributed by atoms with Gasteiger partial charge in [0.2, 0.25) is 0 Å². The molecule has 0 fully saturated rings. The van der Waals surface area contributed by atoms with Crippen molar-refractivity contribution in [1.29, 1.82) is 0 Å². The van der Waals surface area contributed by atoms with E-state index >= 15 is 0 Å².